The van der Waals surface area contributed by atoms with Crippen molar-refractivity contribution in [3.63, 3.8) is 0 Å². The fourth-order valence-electron chi connectivity index (χ4n) is 2.06. The minimum absolute atomic E-state index is 0.689. The molecule has 5 heteroatoms. The van der Waals surface area contributed by atoms with Crippen LogP contribution in [-0.4, -0.2) is 28.3 Å². The lowest BCUT2D eigenvalue weighted by molar-refractivity contribution is 0.316. The molecule has 21 heavy (non-hydrogen) atoms. The predicted octanol–water partition coefficient (Wildman–Crippen LogP) is 3.38. The molecule has 1 N–H and O–H groups in total. The lowest BCUT2D eigenvalue weighted by Crippen LogP contribution is -2.06. The average Bonchev–Trinajstić information content (AvgIpc) is 2.50. The maximum absolute atomic E-state index is 5.63. The van der Waals surface area contributed by atoms with Gasteiger partial charge in [0, 0.05) is 18.3 Å². The normalized spacial score (nSPS) is 10.5. The van der Waals surface area contributed by atoms with Crippen LogP contribution in [0.5, 0.6) is 5.75 Å². The van der Waals surface area contributed by atoms with Crippen molar-refractivity contribution in [2.45, 2.75) is 34.1 Å². The Labute approximate surface area is 125 Å². The zero-order valence-corrected chi connectivity index (χ0v) is 13.1. The van der Waals surface area contributed by atoms with Crippen molar-refractivity contribution >= 4 is 5.82 Å². The van der Waals surface area contributed by atoms with Gasteiger partial charge in [0.25, 0.3) is 0 Å². The molecule has 0 spiro atoms. The Morgan fingerprint density at radius 2 is 1.90 bits per heavy atom. The summed E-state index contributed by atoms with van der Waals surface area (Å²) >= 11 is 0. The summed E-state index contributed by atoms with van der Waals surface area (Å²) in [5, 5.41) is 11.8. The summed E-state index contributed by atoms with van der Waals surface area (Å²) in [6, 6.07) is 1.96. The van der Waals surface area contributed by atoms with Crippen LogP contribution in [0.15, 0.2) is 18.5 Å². The fraction of sp³-hybridized carbons (Fsp3) is 0.438. The van der Waals surface area contributed by atoms with Gasteiger partial charge >= 0.3 is 0 Å². The monoisotopic (exact) mass is 286 g/mol. The first-order valence-electron chi connectivity index (χ1n) is 7.33. The van der Waals surface area contributed by atoms with Crippen LogP contribution in [0.4, 0.5) is 5.82 Å². The Kier molecular flexibility index (Phi) is 5.09. The van der Waals surface area contributed by atoms with Crippen molar-refractivity contribution in [1.29, 1.82) is 0 Å². The lowest BCUT2D eigenvalue weighted by Gasteiger charge is -2.12. The summed E-state index contributed by atoms with van der Waals surface area (Å²) in [4.78, 5) is 4.24. The first-order valence-corrected chi connectivity index (χ1v) is 7.33. The second-order valence-electron chi connectivity index (χ2n) is 4.94. The van der Waals surface area contributed by atoms with Crippen LogP contribution in [0.25, 0.3) is 11.3 Å². The third-order valence-electron chi connectivity index (χ3n) is 3.33. The Bertz CT molecular complexity index is 613. The summed E-state index contributed by atoms with van der Waals surface area (Å²) < 4.78 is 5.63. The van der Waals surface area contributed by atoms with Crippen molar-refractivity contribution < 1.29 is 4.74 Å². The van der Waals surface area contributed by atoms with E-state index in [2.05, 4.69) is 41.3 Å². The van der Waals surface area contributed by atoms with Crippen LogP contribution in [0.3, 0.4) is 0 Å². The molecule has 5 nitrogen and oxygen atoms in total. The van der Waals surface area contributed by atoms with Crippen molar-refractivity contribution in [3.05, 3.63) is 29.6 Å². The Morgan fingerprint density at radius 3 is 2.62 bits per heavy atom. The summed E-state index contributed by atoms with van der Waals surface area (Å²) in [6.07, 6.45) is 4.49. The van der Waals surface area contributed by atoms with Crippen molar-refractivity contribution in [2.24, 2.45) is 0 Å². The van der Waals surface area contributed by atoms with Crippen LogP contribution in [-0.2, 0) is 0 Å². The summed E-state index contributed by atoms with van der Waals surface area (Å²) in [7, 11) is 0. The SMILES string of the molecule is CCCOc1cncc(-c2nnc(NCC)c(C)c2C)c1. The quantitative estimate of drug-likeness (QED) is 0.882. The summed E-state index contributed by atoms with van der Waals surface area (Å²) in [6.45, 7) is 9.75. The molecule has 112 valence electrons. The number of ether oxygens (including phenoxy) is 1. The first kappa shape index (κ1) is 15.2. The molecule has 0 aliphatic carbocycles. The second kappa shape index (κ2) is 7.02. The fourth-order valence-corrected chi connectivity index (χ4v) is 2.06. The number of anilines is 1. The second-order valence-corrected chi connectivity index (χ2v) is 4.94. The van der Waals surface area contributed by atoms with E-state index in [-0.39, 0.29) is 0 Å². The van der Waals surface area contributed by atoms with Crippen molar-refractivity contribution in [2.75, 3.05) is 18.5 Å². The number of rotatable bonds is 6. The molecule has 0 aliphatic rings. The first-order chi connectivity index (χ1) is 10.2. The predicted molar refractivity (Wildman–Crippen MR) is 84.7 cm³/mol. The molecule has 2 aromatic heterocycles. The molecule has 0 saturated heterocycles. The van der Waals surface area contributed by atoms with E-state index in [9.17, 15) is 0 Å². The van der Waals surface area contributed by atoms with Gasteiger partial charge in [-0.3, -0.25) is 4.98 Å². The van der Waals surface area contributed by atoms with Gasteiger partial charge in [-0.25, -0.2) is 0 Å². The van der Waals surface area contributed by atoms with Crippen LogP contribution in [0.1, 0.15) is 31.4 Å². The molecule has 2 heterocycles. The van der Waals surface area contributed by atoms with Crippen LogP contribution in [0, 0.1) is 13.8 Å². The van der Waals surface area contributed by atoms with Gasteiger partial charge in [0.1, 0.15) is 5.75 Å². The van der Waals surface area contributed by atoms with Crippen LogP contribution < -0.4 is 10.1 Å². The smallest absolute Gasteiger partial charge is 0.151 e. The molecule has 0 aromatic carbocycles. The van der Waals surface area contributed by atoms with Crippen molar-refractivity contribution in [1.82, 2.24) is 15.2 Å². The highest BCUT2D eigenvalue weighted by Gasteiger charge is 2.12. The van der Waals surface area contributed by atoms with E-state index in [1.54, 1.807) is 12.4 Å². The minimum atomic E-state index is 0.689. The van der Waals surface area contributed by atoms with Gasteiger partial charge in [0.05, 0.1) is 18.5 Å². The molecular weight excluding hydrogens is 264 g/mol. The van der Waals surface area contributed by atoms with E-state index < -0.39 is 0 Å². The van der Waals surface area contributed by atoms with E-state index in [0.717, 1.165) is 46.9 Å². The number of nitrogens with one attached hydrogen (secondary N) is 1. The van der Waals surface area contributed by atoms with Gasteiger partial charge in [0.2, 0.25) is 0 Å². The summed E-state index contributed by atoms with van der Waals surface area (Å²) in [5.74, 6) is 1.61. The summed E-state index contributed by atoms with van der Waals surface area (Å²) in [5.41, 5.74) is 4.00. The number of nitrogens with zero attached hydrogens (tertiary/aromatic N) is 3. The Balaban J connectivity index is 2.35. The molecular formula is C16H22N4O. The molecule has 0 aliphatic heterocycles. The Hall–Kier alpha value is -2.17. The molecule has 0 saturated carbocycles. The number of pyridine rings is 1. The van der Waals surface area contributed by atoms with Gasteiger partial charge in [-0.05, 0) is 44.4 Å². The largest absolute Gasteiger partial charge is 0.492 e. The Morgan fingerprint density at radius 1 is 1.10 bits per heavy atom. The van der Waals surface area contributed by atoms with Gasteiger partial charge in [-0.15, -0.1) is 10.2 Å². The molecule has 0 amide bonds. The van der Waals surface area contributed by atoms with Gasteiger partial charge in [-0.1, -0.05) is 6.92 Å². The number of hydrogen-bond donors (Lipinski definition) is 1. The number of aromatic nitrogens is 3. The zero-order valence-electron chi connectivity index (χ0n) is 13.1. The van der Waals surface area contributed by atoms with Gasteiger partial charge in [0.15, 0.2) is 5.82 Å². The molecule has 0 unspecified atom stereocenters. The molecule has 0 atom stereocenters. The standard InChI is InChI=1S/C16H22N4O/c1-5-7-21-14-8-13(9-17-10-14)15-11(3)12(4)16(18-6-2)20-19-15/h8-10H,5-7H2,1-4H3,(H,18,20). The third kappa shape index (κ3) is 3.48. The number of hydrogen-bond acceptors (Lipinski definition) is 5. The molecule has 2 rings (SSSR count). The molecule has 0 bridgehead atoms. The lowest BCUT2D eigenvalue weighted by atomic mass is 10.1. The van der Waals surface area contributed by atoms with E-state index in [1.807, 2.05) is 13.0 Å². The minimum Gasteiger partial charge on any atom is -0.492 e. The highest BCUT2D eigenvalue weighted by Crippen LogP contribution is 2.27. The topological polar surface area (TPSA) is 59.9 Å². The zero-order chi connectivity index (χ0) is 15.2. The maximum Gasteiger partial charge on any atom is 0.151 e. The highest BCUT2D eigenvalue weighted by atomic mass is 16.5. The van der Waals surface area contributed by atoms with Gasteiger partial charge in [-0.2, -0.15) is 0 Å². The van der Waals surface area contributed by atoms with Gasteiger partial charge < -0.3 is 10.1 Å². The highest BCUT2D eigenvalue weighted by molar-refractivity contribution is 5.66. The van der Waals surface area contributed by atoms with E-state index in [1.165, 1.54) is 0 Å². The average molecular weight is 286 g/mol. The third-order valence-corrected chi connectivity index (χ3v) is 3.33. The van der Waals surface area contributed by atoms with E-state index >= 15 is 0 Å². The van der Waals surface area contributed by atoms with E-state index in [4.69, 9.17) is 4.74 Å². The van der Waals surface area contributed by atoms with Crippen LogP contribution in [0.2, 0.25) is 0 Å². The molecule has 0 radical (unpaired) electrons. The maximum atomic E-state index is 5.63. The van der Waals surface area contributed by atoms with Crippen LogP contribution >= 0.6 is 0 Å². The van der Waals surface area contributed by atoms with Crippen molar-refractivity contribution in [3.8, 4) is 17.0 Å². The van der Waals surface area contributed by atoms with E-state index in [0.29, 0.717) is 6.61 Å². The molecule has 0 fully saturated rings. The molecule has 2 aromatic rings.